The highest BCUT2D eigenvalue weighted by molar-refractivity contribution is 6.09. The fourth-order valence-corrected chi connectivity index (χ4v) is 3.18. The van der Waals surface area contributed by atoms with Crippen LogP contribution in [0.5, 0.6) is 0 Å². The van der Waals surface area contributed by atoms with Gasteiger partial charge in [-0.2, -0.15) is 10.2 Å². The van der Waals surface area contributed by atoms with Gasteiger partial charge in [-0.3, -0.25) is 14.2 Å². The van der Waals surface area contributed by atoms with Gasteiger partial charge in [-0.25, -0.2) is 4.79 Å². The summed E-state index contributed by atoms with van der Waals surface area (Å²) in [6, 6.07) is 14.2. The van der Waals surface area contributed by atoms with Gasteiger partial charge in [-0.1, -0.05) is 42.5 Å². The molecule has 0 aliphatic carbocycles. The number of aryl methyl sites for hydroxylation is 1. The number of hydrogen-bond donors (Lipinski definition) is 2. The lowest BCUT2D eigenvalue weighted by Gasteiger charge is -2.06. The van der Waals surface area contributed by atoms with Gasteiger partial charge in [0.15, 0.2) is 5.69 Å². The van der Waals surface area contributed by atoms with Gasteiger partial charge in [0.1, 0.15) is 0 Å². The van der Waals surface area contributed by atoms with Crippen LogP contribution in [0.1, 0.15) is 26.4 Å². The fraction of sp³-hybridized carbons (Fsp3) is 0.100. The molecule has 0 saturated heterocycles. The van der Waals surface area contributed by atoms with E-state index >= 15 is 0 Å². The number of aromatic nitrogens is 4. The minimum Gasteiger partial charge on any atom is -0.477 e. The van der Waals surface area contributed by atoms with Crippen molar-refractivity contribution in [3.05, 3.63) is 77.9 Å². The van der Waals surface area contributed by atoms with Crippen molar-refractivity contribution < 1.29 is 14.7 Å². The summed E-state index contributed by atoms with van der Waals surface area (Å²) in [4.78, 5) is 23.7. The van der Waals surface area contributed by atoms with Gasteiger partial charge in [0.25, 0.3) is 5.91 Å². The standard InChI is InChI=1S/C20H17N5O3/c1-24-18(20(27)28)17(10-21-24)19(26)23-15-9-22-25(12-15)11-14-7-4-6-13-5-2-3-8-16(13)14/h2-10,12H,11H2,1H3,(H,23,26)(H,27,28). The van der Waals surface area contributed by atoms with E-state index in [4.69, 9.17) is 0 Å². The second kappa shape index (κ2) is 6.99. The van der Waals surface area contributed by atoms with Gasteiger partial charge < -0.3 is 10.4 Å². The molecule has 0 radical (unpaired) electrons. The Hall–Kier alpha value is -3.94. The second-order valence-corrected chi connectivity index (χ2v) is 6.35. The third-order valence-corrected chi connectivity index (χ3v) is 4.49. The summed E-state index contributed by atoms with van der Waals surface area (Å²) in [6.07, 6.45) is 4.47. The van der Waals surface area contributed by atoms with E-state index in [0.717, 1.165) is 21.0 Å². The first-order valence-corrected chi connectivity index (χ1v) is 8.58. The lowest BCUT2D eigenvalue weighted by Crippen LogP contribution is -2.16. The molecule has 4 aromatic rings. The van der Waals surface area contributed by atoms with Crippen LogP contribution in [-0.4, -0.2) is 36.5 Å². The number of carbonyl (C=O) groups excluding carboxylic acids is 1. The van der Waals surface area contributed by atoms with E-state index in [2.05, 4.69) is 33.7 Å². The Balaban J connectivity index is 1.54. The zero-order valence-electron chi connectivity index (χ0n) is 15.0. The number of rotatable bonds is 5. The first kappa shape index (κ1) is 17.5. The lowest BCUT2D eigenvalue weighted by molar-refractivity contribution is 0.0680. The highest BCUT2D eigenvalue weighted by Crippen LogP contribution is 2.20. The maximum absolute atomic E-state index is 12.4. The van der Waals surface area contributed by atoms with Crippen LogP contribution in [0.2, 0.25) is 0 Å². The predicted molar refractivity (Wildman–Crippen MR) is 103 cm³/mol. The number of anilines is 1. The molecule has 8 heteroatoms. The average Bonchev–Trinajstić information content (AvgIpc) is 3.28. The van der Waals surface area contributed by atoms with E-state index < -0.39 is 11.9 Å². The van der Waals surface area contributed by atoms with Crippen molar-refractivity contribution in [1.82, 2.24) is 19.6 Å². The maximum atomic E-state index is 12.4. The van der Waals surface area contributed by atoms with Gasteiger partial charge in [0, 0.05) is 13.2 Å². The molecule has 2 aromatic heterocycles. The first-order chi connectivity index (χ1) is 13.5. The molecular weight excluding hydrogens is 358 g/mol. The normalized spacial score (nSPS) is 10.9. The van der Waals surface area contributed by atoms with Crippen molar-refractivity contribution in [2.75, 3.05) is 5.32 Å². The van der Waals surface area contributed by atoms with E-state index in [1.165, 1.54) is 19.4 Å². The summed E-state index contributed by atoms with van der Waals surface area (Å²) in [5.41, 5.74) is 1.42. The molecule has 2 heterocycles. The van der Waals surface area contributed by atoms with E-state index in [-0.39, 0.29) is 11.3 Å². The highest BCUT2D eigenvalue weighted by Gasteiger charge is 2.21. The second-order valence-electron chi connectivity index (χ2n) is 6.35. The lowest BCUT2D eigenvalue weighted by atomic mass is 10.0. The number of benzene rings is 2. The molecule has 0 atom stereocenters. The molecule has 0 saturated carbocycles. The Morgan fingerprint density at radius 2 is 1.86 bits per heavy atom. The zero-order valence-corrected chi connectivity index (χ0v) is 15.0. The number of fused-ring (bicyclic) bond motifs is 1. The van der Waals surface area contributed by atoms with E-state index in [0.29, 0.717) is 12.2 Å². The van der Waals surface area contributed by atoms with Crippen LogP contribution >= 0.6 is 0 Å². The van der Waals surface area contributed by atoms with Gasteiger partial charge in [-0.15, -0.1) is 0 Å². The van der Waals surface area contributed by atoms with E-state index in [1.54, 1.807) is 10.9 Å². The summed E-state index contributed by atoms with van der Waals surface area (Å²) >= 11 is 0. The smallest absolute Gasteiger partial charge is 0.354 e. The number of carboxylic acid groups (broad SMARTS) is 1. The molecule has 8 nitrogen and oxygen atoms in total. The molecule has 0 bridgehead atoms. The van der Waals surface area contributed by atoms with Crippen molar-refractivity contribution in [1.29, 1.82) is 0 Å². The van der Waals surface area contributed by atoms with Crippen LogP contribution in [0.3, 0.4) is 0 Å². The van der Waals surface area contributed by atoms with Crippen molar-refractivity contribution in [3.63, 3.8) is 0 Å². The Bertz CT molecular complexity index is 1190. The van der Waals surface area contributed by atoms with Gasteiger partial charge >= 0.3 is 5.97 Å². The predicted octanol–water partition coefficient (Wildman–Crippen LogP) is 2.77. The topological polar surface area (TPSA) is 102 Å². The molecule has 28 heavy (non-hydrogen) atoms. The number of carboxylic acids is 1. The van der Waals surface area contributed by atoms with Crippen LogP contribution in [0, 0.1) is 0 Å². The zero-order chi connectivity index (χ0) is 19.7. The van der Waals surface area contributed by atoms with Crippen LogP contribution in [0.25, 0.3) is 10.8 Å². The number of amides is 1. The Morgan fingerprint density at radius 3 is 2.68 bits per heavy atom. The van der Waals surface area contributed by atoms with Gasteiger partial charge in [0.05, 0.1) is 30.2 Å². The number of aromatic carboxylic acids is 1. The van der Waals surface area contributed by atoms with Gasteiger partial charge in [-0.05, 0) is 16.3 Å². The summed E-state index contributed by atoms with van der Waals surface area (Å²) in [5.74, 6) is -1.76. The fourth-order valence-electron chi connectivity index (χ4n) is 3.18. The molecular formula is C20H17N5O3. The Labute approximate surface area is 160 Å². The van der Waals surface area contributed by atoms with E-state index in [1.807, 2.05) is 24.3 Å². The molecule has 4 rings (SSSR count). The van der Waals surface area contributed by atoms with Gasteiger partial charge in [0.2, 0.25) is 0 Å². The largest absolute Gasteiger partial charge is 0.477 e. The summed E-state index contributed by atoms with van der Waals surface area (Å²) < 4.78 is 2.87. The minimum atomic E-state index is -1.21. The van der Waals surface area contributed by atoms with Crippen LogP contribution in [0.4, 0.5) is 5.69 Å². The third-order valence-electron chi connectivity index (χ3n) is 4.49. The molecule has 0 unspecified atom stereocenters. The monoisotopic (exact) mass is 375 g/mol. The average molecular weight is 375 g/mol. The van der Waals surface area contributed by atoms with Crippen molar-refractivity contribution in [2.24, 2.45) is 7.05 Å². The van der Waals surface area contributed by atoms with Crippen molar-refractivity contribution >= 4 is 28.3 Å². The molecule has 0 aliphatic rings. The number of nitrogens with one attached hydrogen (secondary N) is 1. The Kier molecular flexibility index (Phi) is 4.36. The molecule has 0 spiro atoms. The molecule has 2 N–H and O–H groups in total. The molecule has 2 aromatic carbocycles. The number of carbonyl (C=O) groups is 2. The van der Waals surface area contributed by atoms with E-state index in [9.17, 15) is 14.7 Å². The quantitative estimate of drug-likeness (QED) is 0.558. The summed E-state index contributed by atoms with van der Waals surface area (Å²) in [7, 11) is 1.47. The maximum Gasteiger partial charge on any atom is 0.354 e. The molecule has 0 fully saturated rings. The summed E-state index contributed by atoms with van der Waals surface area (Å²) in [6.45, 7) is 0.546. The molecule has 0 aliphatic heterocycles. The third kappa shape index (κ3) is 3.23. The van der Waals surface area contributed by atoms with Crippen molar-refractivity contribution in [3.8, 4) is 0 Å². The number of nitrogens with zero attached hydrogens (tertiary/aromatic N) is 4. The minimum absolute atomic E-state index is 0.00296. The molecule has 1 amide bonds. The van der Waals surface area contributed by atoms with Crippen molar-refractivity contribution in [2.45, 2.75) is 6.54 Å². The Morgan fingerprint density at radius 1 is 1.07 bits per heavy atom. The highest BCUT2D eigenvalue weighted by atomic mass is 16.4. The molecule has 140 valence electrons. The van der Waals surface area contributed by atoms with Crippen LogP contribution < -0.4 is 5.32 Å². The van der Waals surface area contributed by atoms with Crippen LogP contribution in [0.15, 0.2) is 61.1 Å². The summed E-state index contributed by atoms with van der Waals surface area (Å²) in [5, 5.41) is 22.4. The SMILES string of the molecule is Cn1ncc(C(=O)Nc2cnn(Cc3cccc4ccccc34)c2)c1C(=O)O. The first-order valence-electron chi connectivity index (χ1n) is 8.58. The number of hydrogen-bond acceptors (Lipinski definition) is 4. The van der Waals surface area contributed by atoms with Crippen LogP contribution in [-0.2, 0) is 13.6 Å².